The first kappa shape index (κ1) is 27.7. The van der Waals surface area contributed by atoms with Gasteiger partial charge in [0.1, 0.15) is 11.6 Å². The Morgan fingerprint density at radius 3 is 2.00 bits per heavy atom. The van der Waals surface area contributed by atoms with Crippen molar-refractivity contribution in [1.29, 1.82) is 0 Å². The predicted octanol–water partition coefficient (Wildman–Crippen LogP) is 4.78. The molecule has 198 valence electrons. The minimum Gasteiger partial charge on any atom is -0.378 e. The normalized spacial score (nSPS) is 16.4. The Bertz CT molecular complexity index is 1080. The number of likely N-dealkylation sites (N-methyl/N-ethyl adjacent to an activating group) is 1. The Hall–Kier alpha value is -2.85. The molecular formula is C26H39F2N7O. The summed E-state index contributed by atoms with van der Waals surface area (Å²) in [5.74, 6) is 1.37. The first-order valence-corrected chi connectivity index (χ1v) is 13.1. The van der Waals surface area contributed by atoms with Crippen LogP contribution in [-0.4, -0.2) is 83.4 Å². The highest BCUT2D eigenvalue weighted by atomic mass is 19.3. The Morgan fingerprint density at radius 1 is 0.833 bits per heavy atom. The minimum absolute atomic E-state index is 0.228. The number of halogens is 2. The molecule has 10 heteroatoms. The predicted molar refractivity (Wildman–Crippen MR) is 142 cm³/mol. The van der Waals surface area contributed by atoms with Crippen molar-refractivity contribution in [2.45, 2.75) is 41.0 Å². The van der Waals surface area contributed by atoms with Gasteiger partial charge >= 0.3 is 0 Å². The number of nitrogens with zero attached hydrogens (tertiary/aromatic N) is 7. The van der Waals surface area contributed by atoms with Crippen LogP contribution in [-0.2, 0) is 4.74 Å². The smallest absolute Gasteiger partial charge is 0.296 e. The number of hydrogen-bond donors (Lipinski definition) is 0. The van der Waals surface area contributed by atoms with Crippen molar-refractivity contribution in [3.05, 3.63) is 36.2 Å². The van der Waals surface area contributed by atoms with Crippen LogP contribution in [0, 0.1) is 0 Å². The van der Waals surface area contributed by atoms with Crippen LogP contribution >= 0.6 is 0 Å². The van der Waals surface area contributed by atoms with E-state index in [1.807, 2.05) is 39.8 Å². The molecule has 36 heavy (non-hydrogen) atoms. The molecule has 2 fully saturated rings. The number of morpholine rings is 1. The number of rotatable bonds is 5. The quantitative estimate of drug-likeness (QED) is 0.496. The van der Waals surface area contributed by atoms with E-state index in [4.69, 9.17) is 14.7 Å². The maximum atomic E-state index is 14.0. The van der Waals surface area contributed by atoms with Crippen molar-refractivity contribution >= 4 is 22.7 Å². The average molecular weight is 504 g/mol. The first-order chi connectivity index (χ1) is 17.6. The van der Waals surface area contributed by atoms with Crippen LogP contribution in [0.1, 0.15) is 46.9 Å². The largest absolute Gasteiger partial charge is 0.378 e. The van der Waals surface area contributed by atoms with Gasteiger partial charge in [0.2, 0.25) is 5.95 Å². The maximum absolute atomic E-state index is 14.0. The van der Waals surface area contributed by atoms with Crippen LogP contribution in [0.5, 0.6) is 0 Å². The maximum Gasteiger partial charge on any atom is 0.296 e. The second kappa shape index (κ2) is 13.5. The topological polar surface area (TPSA) is 62.6 Å². The molecule has 0 atom stereocenters. The molecule has 2 aliphatic heterocycles. The summed E-state index contributed by atoms with van der Waals surface area (Å²) in [5.41, 5.74) is 1.07. The number of piperazine rings is 1. The molecule has 2 aromatic heterocycles. The molecule has 0 unspecified atom stereocenters. The number of imidazole rings is 1. The number of fused-ring (bicyclic) bond motifs is 1. The average Bonchev–Trinajstić information content (AvgIpc) is 3.36. The highest BCUT2D eigenvalue weighted by Gasteiger charge is 2.25. The van der Waals surface area contributed by atoms with E-state index in [0.717, 1.165) is 44.4 Å². The SMILES string of the molecule is CC.CC.CCN1CCN(c2cc(N3CCOCC3)nc(-n3c(C(F)F)nc4ccccc43)n2)CC1. The highest BCUT2D eigenvalue weighted by molar-refractivity contribution is 5.78. The lowest BCUT2D eigenvalue weighted by atomic mass is 10.3. The van der Waals surface area contributed by atoms with Crippen molar-refractivity contribution < 1.29 is 13.5 Å². The molecule has 0 spiro atoms. The summed E-state index contributed by atoms with van der Waals surface area (Å²) in [6, 6.07) is 9.08. The third-order valence-corrected chi connectivity index (χ3v) is 6.15. The number of para-hydroxylation sites is 2. The van der Waals surface area contributed by atoms with E-state index in [1.54, 1.807) is 18.2 Å². The summed E-state index contributed by atoms with van der Waals surface area (Å²) in [6.07, 6.45) is -2.74. The zero-order valence-corrected chi connectivity index (χ0v) is 22.1. The van der Waals surface area contributed by atoms with Gasteiger partial charge in [-0.1, -0.05) is 46.8 Å². The van der Waals surface area contributed by atoms with Crippen molar-refractivity contribution in [2.24, 2.45) is 0 Å². The molecule has 0 bridgehead atoms. The Balaban J connectivity index is 0.000000861. The molecular weight excluding hydrogens is 464 g/mol. The van der Waals surface area contributed by atoms with Crippen LogP contribution < -0.4 is 9.80 Å². The molecule has 8 nitrogen and oxygen atoms in total. The molecule has 2 saturated heterocycles. The number of aromatic nitrogens is 4. The molecule has 5 rings (SSSR count). The standard InChI is InChI=1S/C22H27F2N7O.2C2H6/c1-2-28-7-9-29(10-8-28)18-15-19(30-11-13-32-14-12-30)27-22(26-18)31-17-6-4-3-5-16(17)25-21(31)20(23)24;2*1-2/h3-6,15,20H,2,7-14H2,1H3;2*1-2H3. The zero-order chi connectivity index (χ0) is 26.1. The van der Waals surface area contributed by atoms with E-state index in [0.29, 0.717) is 37.3 Å². The fourth-order valence-electron chi connectivity index (χ4n) is 4.32. The molecule has 3 aromatic rings. The van der Waals surface area contributed by atoms with Gasteiger partial charge < -0.3 is 19.4 Å². The number of anilines is 2. The molecule has 0 amide bonds. The molecule has 0 N–H and O–H groups in total. The summed E-state index contributed by atoms with van der Waals surface area (Å²) >= 11 is 0. The summed E-state index contributed by atoms with van der Waals surface area (Å²) in [4.78, 5) is 20.4. The number of hydrogen-bond acceptors (Lipinski definition) is 7. The van der Waals surface area contributed by atoms with Crippen LogP contribution in [0.4, 0.5) is 20.4 Å². The zero-order valence-electron chi connectivity index (χ0n) is 22.1. The summed E-state index contributed by atoms with van der Waals surface area (Å²) in [7, 11) is 0. The molecule has 2 aliphatic rings. The van der Waals surface area contributed by atoms with Gasteiger partial charge in [-0.3, -0.25) is 4.57 Å². The van der Waals surface area contributed by atoms with Gasteiger partial charge in [-0.15, -0.1) is 0 Å². The Labute approximate surface area is 212 Å². The van der Waals surface area contributed by atoms with Crippen molar-refractivity contribution in [3.8, 4) is 5.95 Å². The summed E-state index contributed by atoms with van der Waals surface area (Å²) < 4.78 is 34.8. The third-order valence-electron chi connectivity index (χ3n) is 6.15. The second-order valence-electron chi connectivity index (χ2n) is 8.00. The van der Waals surface area contributed by atoms with Crippen molar-refractivity contribution in [3.63, 3.8) is 0 Å². The van der Waals surface area contributed by atoms with E-state index in [1.165, 1.54) is 4.57 Å². The van der Waals surface area contributed by atoms with E-state index >= 15 is 0 Å². The van der Waals surface area contributed by atoms with E-state index in [9.17, 15) is 8.78 Å². The lowest BCUT2D eigenvalue weighted by Crippen LogP contribution is -2.46. The van der Waals surface area contributed by atoms with Crippen molar-refractivity contribution in [1.82, 2.24) is 24.4 Å². The van der Waals surface area contributed by atoms with Crippen LogP contribution in [0.25, 0.3) is 17.0 Å². The van der Waals surface area contributed by atoms with Gasteiger partial charge in [0, 0.05) is 45.3 Å². The Kier molecular flexibility index (Phi) is 10.4. The van der Waals surface area contributed by atoms with Crippen LogP contribution in [0.15, 0.2) is 30.3 Å². The lowest BCUT2D eigenvalue weighted by molar-refractivity contribution is 0.122. The third kappa shape index (κ3) is 6.10. The Morgan fingerprint density at radius 2 is 1.42 bits per heavy atom. The van der Waals surface area contributed by atoms with Gasteiger partial charge in [0.25, 0.3) is 6.43 Å². The number of alkyl halides is 2. The van der Waals surface area contributed by atoms with Crippen LogP contribution in [0.2, 0.25) is 0 Å². The fourth-order valence-corrected chi connectivity index (χ4v) is 4.32. The lowest BCUT2D eigenvalue weighted by Gasteiger charge is -2.35. The van der Waals surface area contributed by atoms with Crippen LogP contribution in [0.3, 0.4) is 0 Å². The van der Waals surface area contributed by atoms with E-state index in [2.05, 4.69) is 26.6 Å². The molecule has 4 heterocycles. The monoisotopic (exact) mass is 503 g/mol. The van der Waals surface area contributed by atoms with Gasteiger partial charge in [-0.2, -0.15) is 9.97 Å². The number of ether oxygens (including phenoxy) is 1. The number of benzene rings is 1. The minimum atomic E-state index is -2.74. The van der Waals surface area contributed by atoms with Gasteiger partial charge in [0.15, 0.2) is 5.82 Å². The van der Waals surface area contributed by atoms with Crippen molar-refractivity contribution in [2.75, 3.05) is 68.8 Å². The van der Waals surface area contributed by atoms with E-state index < -0.39 is 6.43 Å². The molecule has 1 aromatic carbocycles. The van der Waals surface area contributed by atoms with Gasteiger partial charge in [-0.05, 0) is 18.7 Å². The highest BCUT2D eigenvalue weighted by Crippen LogP contribution is 2.29. The fraction of sp³-hybridized carbons (Fsp3) is 0.577. The first-order valence-electron chi connectivity index (χ1n) is 13.1. The van der Waals surface area contributed by atoms with Gasteiger partial charge in [0.05, 0.1) is 24.2 Å². The van der Waals surface area contributed by atoms with Gasteiger partial charge in [-0.25, -0.2) is 13.8 Å². The second-order valence-corrected chi connectivity index (χ2v) is 8.00. The molecule has 0 saturated carbocycles. The molecule has 0 radical (unpaired) electrons. The van der Waals surface area contributed by atoms with E-state index in [-0.39, 0.29) is 11.8 Å². The summed E-state index contributed by atoms with van der Waals surface area (Å²) in [6.45, 7) is 17.3. The summed E-state index contributed by atoms with van der Waals surface area (Å²) in [5, 5.41) is 0. The molecule has 0 aliphatic carbocycles.